The molecule has 1 atom stereocenters. The topological polar surface area (TPSA) is 63.5 Å². The van der Waals surface area contributed by atoms with Gasteiger partial charge in [0.15, 0.2) is 0 Å². The number of nitro groups is 1. The van der Waals surface area contributed by atoms with E-state index in [0.29, 0.717) is 24.9 Å². The van der Waals surface area contributed by atoms with Crippen molar-refractivity contribution in [1.29, 1.82) is 0 Å². The first-order valence-corrected chi connectivity index (χ1v) is 7.05. The molecule has 1 aromatic carbocycles. The lowest BCUT2D eigenvalue weighted by atomic mass is 9.95. The van der Waals surface area contributed by atoms with Gasteiger partial charge in [-0.2, -0.15) is 0 Å². The number of rotatable bonds is 3. The monoisotopic (exact) mass is 294 g/mol. The lowest BCUT2D eigenvalue weighted by Crippen LogP contribution is -2.30. The molecule has 0 N–H and O–H groups in total. The smallest absolute Gasteiger partial charge is 0.270 e. The average molecular weight is 294 g/mol. The first kappa shape index (κ1) is 15.4. The van der Waals surface area contributed by atoms with Crippen molar-refractivity contribution in [2.75, 3.05) is 13.1 Å². The Bertz CT molecular complexity index is 587. The van der Waals surface area contributed by atoms with E-state index in [9.17, 15) is 19.3 Å². The second-order valence-electron chi connectivity index (χ2n) is 5.93. The average Bonchev–Trinajstić information content (AvgIpc) is 2.90. The molecule has 1 fully saturated rings. The normalized spacial score (nSPS) is 18.3. The molecule has 6 heteroatoms. The van der Waals surface area contributed by atoms with E-state index in [1.54, 1.807) is 4.90 Å². The van der Waals surface area contributed by atoms with Crippen LogP contribution < -0.4 is 0 Å². The highest BCUT2D eigenvalue weighted by Crippen LogP contribution is 2.27. The molecular formula is C15H19FN2O3. The van der Waals surface area contributed by atoms with Gasteiger partial charge in [-0.1, -0.05) is 13.8 Å². The van der Waals surface area contributed by atoms with Crippen LogP contribution in [0.15, 0.2) is 12.1 Å². The maximum absolute atomic E-state index is 14.1. The number of carbonyl (C=O) groups excluding carboxylic acids is 1. The lowest BCUT2D eigenvalue weighted by molar-refractivity contribution is -0.385. The van der Waals surface area contributed by atoms with Gasteiger partial charge in [-0.3, -0.25) is 14.9 Å². The predicted octanol–water partition coefficient (Wildman–Crippen LogP) is 3.16. The molecule has 1 aliphatic heterocycles. The molecule has 2 rings (SSSR count). The lowest BCUT2D eigenvalue weighted by Gasteiger charge is -2.18. The van der Waals surface area contributed by atoms with Crippen LogP contribution in [-0.2, 0) is 0 Å². The van der Waals surface area contributed by atoms with Gasteiger partial charge in [0.2, 0.25) is 0 Å². The molecule has 114 valence electrons. The SMILES string of the molecule is Cc1cc([N+](=O)[O-])cc(C(=O)N2CCC(C(C)C)C2)c1F. The van der Waals surface area contributed by atoms with Gasteiger partial charge in [0.05, 0.1) is 10.5 Å². The third kappa shape index (κ3) is 3.04. The Labute approximate surface area is 122 Å². The number of non-ortho nitro benzene ring substituents is 1. The summed E-state index contributed by atoms with van der Waals surface area (Å²) in [5.74, 6) is -0.266. The molecule has 1 unspecified atom stereocenters. The molecule has 1 amide bonds. The van der Waals surface area contributed by atoms with E-state index >= 15 is 0 Å². The number of hydrogen-bond acceptors (Lipinski definition) is 3. The summed E-state index contributed by atoms with van der Waals surface area (Å²) in [7, 11) is 0. The molecule has 0 aromatic heterocycles. The van der Waals surface area contributed by atoms with Crippen LogP contribution >= 0.6 is 0 Å². The zero-order valence-electron chi connectivity index (χ0n) is 12.4. The maximum Gasteiger partial charge on any atom is 0.270 e. The number of hydrogen-bond donors (Lipinski definition) is 0. The van der Waals surface area contributed by atoms with Gasteiger partial charge in [-0.25, -0.2) is 4.39 Å². The number of nitro benzene ring substituents is 1. The van der Waals surface area contributed by atoms with Gasteiger partial charge in [-0.15, -0.1) is 0 Å². The van der Waals surface area contributed by atoms with Gasteiger partial charge in [0.1, 0.15) is 5.82 Å². The second-order valence-corrected chi connectivity index (χ2v) is 5.93. The highest BCUT2D eigenvalue weighted by atomic mass is 19.1. The third-order valence-corrected chi connectivity index (χ3v) is 4.14. The van der Waals surface area contributed by atoms with Gasteiger partial charge in [0, 0.05) is 25.2 Å². The van der Waals surface area contributed by atoms with Crippen LogP contribution in [-0.4, -0.2) is 28.8 Å². The summed E-state index contributed by atoms with van der Waals surface area (Å²) in [6, 6.07) is 2.18. The first-order chi connectivity index (χ1) is 9.81. The fraction of sp³-hybridized carbons (Fsp3) is 0.533. The van der Waals surface area contributed by atoms with Crippen molar-refractivity contribution < 1.29 is 14.1 Å². The van der Waals surface area contributed by atoms with Gasteiger partial charge < -0.3 is 4.90 Å². The van der Waals surface area contributed by atoms with Crippen molar-refractivity contribution in [3.8, 4) is 0 Å². The minimum atomic E-state index is -0.668. The zero-order chi connectivity index (χ0) is 15.7. The maximum atomic E-state index is 14.1. The zero-order valence-corrected chi connectivity index (χ0v) is 12.4. The number of nitrogens with zero attached hydrogens (tertiary/aromatic N) is 2. The number of benzene rings is 1. The van der Waals surface area contributed by atoms with E-state index in [2.05, 4.69) is 13.8 Å². The molecule has 1 aromatic rings. The van der Waals surface area contributed by atoms with E-state index in [1.807, 2.05) is 0 Å². The highest BCUT2D eigenvalue weighted by Gasteiger charge is 2.31. The van der Waals surface area contributed by atoms with E-state index in [1.165, 1.54) is 6.92 Å². The van der Waals surface area contributed by atoms with Crippen LogP contribution in [0.4, 0.5) is 10.1 Å². The third-order valence-electron chi connectivity index (χ3n) is 4.14. The molecule has 0 saturated carbocycles. The Morgan fingerprint density at radius 1 is 1.48 bits per heavy atom. The molecule has 0 spiro atoms. The van der Waals surface area contributed by atoms with E-state index in [-0.39, 0.29) is 16.8 Å². The second kappa shape index (κ2) is 5.79. The molecule has 0 radical (unpaired) electrons. The molecule has 1 aliphatic rings. The molecule has 21 heavy (non-hydrogen) atoms. The molecule has 5 nitrogen and oxygen atoms in total. The number of carbonyl (C=O) groups is 1. The number of amides is 1. The minimum Gasteiger partial charge on any atom is -0.338 e. The molecule has 1 saturated heterocycles. The minimum absolute atomic E-state index is 0.118. The molecular weight excluding hydrogens is 275 g/mol. The molecule has 0 aliphatic carbocycles. The van der Waals surface area contributed by atoms with Gasteiger partial charge >= 0.3 is 0 Å². The molecule has 1 heterocycles. The van der Waals surface area contributed by atoms with Crippen molar-refractivity contribution in [2.45, 2.75) is 27.2 Å². The number of halogens is 1. The van der Waals surface area contributed by atoms with Gasteiger partial charge in [0.25, 0.3) is 11.6 Å². The summed E-state index contributed by atoms with van der Waals surface area (Å²) in [6.07, 6.45) is 0.888. The summed E-state index contributed by atoms with van der Waals surface area (Å²) in [4.78, 5) is 24.3. The fourth-order valence-corrected chi connectivity index (χ4v) is 2.70. The summed E-state index contributed by atoms with van der Waals surface area (Å²) in [5.41, 5.74) is -0.338. The van der Waals surface area contributed by atoms with Crippen LogP contribution in [0.25, 0.3) is 0 Å². The standard InChI is InChI=1S/C15H19FN2O3/c1-9(2)11-4-5-17(8-11)15(19)13-7-12(18(20)21)6-10(3)14(13)16/h6-7,9,11H,4-5,8H2,1-3H3. The Morgan fingerprint density at radius 2 is 2.14 bits per heavy atom. The van der Waals surface area contributed by atoms with Crippen molar-refractivity contribution in [3.63, 3.8) is 0 Å². The number of aryl methyl sites for hydroxylation is 1. The summed E-state index contributed by atoms with van der Waals surface area (Å²) < 4.78 is 14.1. The largest absolute Gasteiger partial charge is 0.338 e. The fourth-order valence-electron chi connectivity index (χ4n) is 2.70. The highest BCUT2D eigenvalue weighted by molar-refractivity contribution is 5.95. The van der Waals surface area contributed by atoms with Crippen molar-refractivity contribution in [3.05, 3.63) is 39.2 Å². The van der Waals surface area contributed by atoms with Crippen LogP contribution in [0.1, 0.15) is 36.2 Å². The van der Waals surface area contributed by atoms with Crippen molar-refractivity contribution in [2.24, 2.45) is 11.8 Å². The Kier molecular flexibility index (Phi) is 4.25. The summed E-state index contributed by atoms with van der Waals surface area (Å²) >= 11 is 0. The van der Waals surface area contributed by atoms with Crippen molar-refractivity contribution >= 4 is 11.6 Å². The summed E-state index contributed by atoms with van der Waals surface area (Å²) in [6.45, 7) is 6.77. The van der Waals surface area contributed by atoms with Crippen LogP contribution in [0.5, 0.6) is 0 Å². The molecule has 0 bridgehead atoms. The van der Waals surface area contributed by atoms with E-state index in [0.717, 1.165) is 18.6 Å². The Hall–Kier alpha value is -1.98. The van der Waals surface area contributed by atoms with Crippen LogP contribution in [0.3, 0.4) is 0 Å². The number of likely N-dealkylation sites (tertiary alicyclic amines) is 1. The van der Waals surface area contributed by atoms with Crippen molar-refractivity contribution in [1.82, 2.24) is 4.90 Å². The van der Waals surface area contributed by atoms with E-state index in [4.69, 9.17) is 0 Å². The predicted molar refractivity (Wildman–Crippen MR) is 76.6 cm³/mol. The first-order valence-electron chi connectivity index (χ1n) is 7.05. The quantitative estimate of drug-likeness (QED) is 0.635. The Morgan fingerprint density at radius 3 is 2.67 bits per heavy atom. The Balaban J connectivity index is 2.29. The van der Waals surface area contributed by atoms with Gasteiger partial charge in [-0.05, 0) is 30.7 Å². The summed E-state index contributed by atoms with van der Waals surface area (Å²) in [5, 5.41) is 10.9. The van der Waals surface area contributed by atoms with Crippen LogP contribution in [0, 0.1) is 34.7 Å². The van der Waals surface area contributed by atoms with E-state index < -0.39 is 16.6 Å². The van der Waals surface area contributed by atoms with Crippen LogP contribution in [0.2, 0.25) is 0 Å².